The Morgan fingerprint density at radius 3 is 2.59 bits per heavy atom. The van der Waals surface area contributed by atoms with E-state index in [9.17, 15) is 9.59 Å². The molecule has 2 aromatic rings. The summed E-state index contributed by atoms with van der Waals surface area (Å²) < 4.78 is 5.42. The van der Waals surface area contributed by atoms with Crippen molar-refractivity contribution in [3.8, 4) is 0 Å². The fourth-order valence-corrected chi connectivity index (χ4v) is 2.80. The maximum Gasteiger partial charge on any atom is 0.410 e. The van der Waals surface area contributed by atoms with Crippen molar-refractivity contribution >= 4 is 35.1 Å². The molecule has 0 atom stereocenters. The summed E-state index contributed by atoms with van der Waals surface area (Å²) >= 11 is 0. The molecule has 0 radical (unpaired) electrons. The second kappa shape index (κ2) is 7.26. The zero-order valence-electron chi connectivity index (χ0n) is 15.7. The first-order valence-corrected chi connectivity index (χ1v) is 8.77. The Morgan fingerprint density at radius 2 is 1.96 bits per heavy atom. The van der Waals surface area contributed by atoms with Gasteiger partial charge in [-0.1, -0.05) is 0 Å². The lowest BCUT2D eigenvalue weighted by Crippen LogP contribution is -2.50. The number of nitrogens with two attached hydrogens (primary N) is 1. The Labute approximate surface area is 157 Å². The number of carbonyl (C=O) groups excluding carboxylic acids is 2. The number of aromatic amines is 1. The highest BCUT2D eigenvalue weighted by molar-refractivity contribution is 5.93. The van der Waals surface area contributed by atoms with Gasteiger partial charge in [0.2, 0.25) is 5.91 Å². The Kier molecular flexibility index (Phi) is 5.02. The van der Waals surface area contributed by atoms with Gasteiger partial charge in [0, 0.05) is 44.0 Å². The number of nitrogens with one attached hydrogen (secondary N) is 1. The van der Waals surface area contributed by atoms with Gasteiger partial charge in [0.15, 0.2) is 5.65 Å². The number of hydrogen-bond donors (Lipinski definition) is 2. The molecule has 1 aliphatic heterocycles. The van der Waals surface area contributed by atoms with Gasteiger partial charge in [0.25, 0.3) is 0 Å². The smallest absolute Gasteiger partial charge is 0.410 e. The number of H-pyrrole nitrogens is 1. The molecule has 1 saturated heterocycles. The van der Waals surface area contributed by atoms with E-state index in [1.54, 1.807) is 23.4 Å². The third-order valence-corrected chi connectivity index (χ3v) is 4.08. The SMILES string of the molecule is CC(C)(C)OC(=O)N1CCN(c2cnc3[nH]cc(C=CC(N)=O)c3n2)CC1. The number of rotatable bonds is 3. The average Bonchev–Trinajstić information content (AvgIpc) is 3.01. The van der Waals surface area contributed by atoms with Gasteiger partial charge in [0.05, 0.1) is 6.20 Å². The fraction of sp³-hybridized carbons (Fsp3) is 0.444. The Bertz CT molecular complexity index is 875. The molecule has 2 amide bonds. The summed E-state index contributed by atoms with van der Waals surface area (Å²) in [6.45, 7) is 7.94. The van der Waals surface area contributed by atoms with Crippen LogP contribution in [0, 0.1) is 0 Å². The lowest BCUT2D eigenvalue weighted by Gasteiger charge is -2.36. The van der Waals surface area contributed by atoms with Crippen LogP contribution in [0.4, 0.5) is 10.6 Å². The third-order valence-electron chi connectivity index (χ3n) is 4.08. The maximum atomic E-state index is 12.2. The molecule has 0 bridgehead atoms. The number of nitrogens with zero attached hydrogens (tertiary/aromatic N) is 4. The highest BCUT2D eigenvalue weighted by Gasteiger charge is 2.26. The minimum absolute atomic E-state index is 0.298. The molecule has 0 unspecified atom stereocenters. The van der Waals surface area contributed by atoms with Crippen LogP contribution in [-0.2, 0) is 9.53 Å². The van der Waals surface area contributed by atoms with Crippen molar-refractivity contribution in [1.29, 1.82) is 0 Å². The van der Waals surface area contributed by atoms with E-state index in [0.29, 0.717) is 37.3 Å². The van der Waals surface area contributed by atoms with Gasteiger partial charge in [-0.3, -0.25) is 4.79 Å². The highest BCUT2D eigenvalue weighted by atomic mass is 16.6. The largest absolute Gasteiger partial charge is 0.444 e. The highest BCUT2D eigenvalue weighted by Crippen LogP contribution is 2.21. The van der Waals surface area contributed by atoms with Crippen LogP contribution >= 0.6 is 0 Å². The summed E-state index contributed by atoms with van der Waals surface area (Å²) in [6.07, 6.45) is 6.03. The lowest BCUT2D eigenvalue weighted by molar-refractivity contribution is -0.113. The van der Waals surface area contributed by atoms with E-state index in [-0.39, 0.29) is 6.09 Å². The molecule has 3 rings (SSSR count). The van der Waals surface area contributed by atoms with Gasteiger partial charge in [-0.25, -0.2) is 14.8 Å². The summed E-state index contributed by atoms with van der Waals surface area (Å²) in [7, 11) is 0. The molecule has 0 saturated carbocycles. The molecule has 2 aromatic heterocycles. The van der Waals surface area contributed by atoms with Crippen molar-refractivity contribution in [2.75, 3.05) is 31.1 Å². The minimum atomic E-state index is -0.522. The van der Waals surface area contributed by atoms with Crippen LogP contribution in [0.25, 0.3) is 17.2 Å². The van der Waals surface area contributed by atoms with Crippen LogP contribution < -0.4 is 10.6 Å². The Morgan fingerprint density at radius 1 is 1.26 bits per heavy atom. The zero-order chi connectivity index (χ0) is 19.6. The predicted octanol–water partition coefficient (Wildman–Crippen LogP) is 1.51. The zero-order valence-corrected chi connectivity index (χ0v) is 15.7. The fourth-order valence-electron chi connectivity index (χ4n) is 2.80. The van der Waals surface area contributed by atoms with Crippen LogP contribution in [0.1, 0.15) is 26.3 Å². The molecule has 9 heteroatoms. The van der Waals surface area contributed by atoms with Crippen molar-refractivity contribution in [2.45, 2.75) is 26.4 Å². The molecule has 0 aliphatic carbocycles. The van der Waals surface area contributed by atoms with Gasteiger partial charge in [0.1, 0.15) is 16.9 Å². The van der Waals surface area contributed by atoms with E-state index in [1.165, 1.54) is 6.08 Å². The summed E-state index contributed by atoms with van der Waals surface area (Å²) in [6, 6.07) is 0. The van der Waals surface area contributed by atoms with Crippen LogP contribution in [0.2, 0.25) is 0 Å². The number of amides is 2. The quantitative estimate of drug-likeness (QED) is 0.789. The van der Waals surface area contributed by atoms with Crippen LogP contribution in [0.5, 0.6) is 0 Å². The first-order valence-electron chi connectivity index (χ1n) is 8.77. The summed E-state index contributed by atoms with van der Waals surface area (Å²) in [5.41, 5.74) is 6.69. The van der Waals surface area contributed by atoms with E-state index in [2.05, 4.69) is 19.9 Å². The number of primary amides is 1. The number of carbonyl (C=O) groups is 2. The summed E-state index contributed by atoms with van der Waals surface area (Å²) in [4.78, 5) is 39.0. The minimum Gasteiger partial charge on any atom is -0.444 e. The van der Waals surface area contributed by atoms with Gasteiger partial charge < -0.3 is 25.3 Å². The number of anilines is 1. The van der Waals surface area contributed by atoms with Crippen LogP contribution in [-0.4, -0.2) is 63.6 Å². The number of ether oxygens (including phenoxy) is 1. The van der Waals surface area contributed by atoms with E-state index in [1.807, 2.05) is 20.8 Å². The normalized spacial score (nSPS) is 15.5. The van der Waals surface area contributed by atoms with Crippen molar-refractivity contribution in [3.05, 3.63) is 24.0 Å². The molecule has 0 aromatic carbocycles. The van der Waals surface area contributed by atoms with Crippen LogP contribution in [0.15, 0.2) is 18.5 Å². The van der Waals surface area contributed by atoms with E-state index >= 15 is 0 Å². The van der Waals surface area contributed by atoms with Crippen molar-refractivity contribution in [3.63, 3.8) is 0 Å². The summed E-state index contributed by atoms with van der Waals surface area (Å²) in [5.74, 6) is 0.200. The molecule has 3 N–H and O–H groups in total. The predicted molar refractivity (Wildman–Crippen MR) is 102 cm³/mol. The summed E-state index contributed by atoms with van der Waals surface area (Å²) in [5, 5.41) is 0. The second-order valence-corrected chi connectivity index (χ2v) is 7.36. The topological polar surface area (TPSA) is 117 Å². The molecule has 3 heterocycles. The van der Waals surface area contributed by atoms with E-state index in [4.69, 9.17) is 10.5 Å². The molecule has 1 fully saturated rings. The molecular weight excluding hydrogens is 348 g/mol. The lowest BCUT2D eigenvalue weighted by atomic mass is 10.2. The van der Waals surface area contributed by atoms with Gasteiger partial charge >= 0.3 is 6.09 Å². The van der Waals surface area contributed by atoms with E-state index < -0.39 is 11.5 Å². The first-order chi connectivity index (χ1) is 12.7. The Hall–Kier alpha value is -3.10. The van der Waals surface area contributed by atoms with Gasteiger partial charge in [-0.05, 0) is 26.8 Å². The number of aromatic nitrogens is 3. The maximum absolute atomic E-state index is 12.2. The average molecular weight is 372 g/mol. The Balaban J connectivity index is 1.71. The number of piperazine rings is 1. The standard InChI is InChI=1S/C18H24N6O3/c1-18(2,3)27-17(26)24-8-6-23(7-9-24)14-11-21-16-15(22-14)12(10-20-16)4-5-13(19)25/h4-5,10-11H,6-9H2,1-3H3,(H2,19,25)(H,20,21). The monoisotopic (exact) mass is 372 g/mol. The van der Waals surface area contributed by atoms with E-state index in [0.717, 1.165) is 11.4 Å². The molecule has 1 aliphatic rings. The second-order valence-electron chi connectivity index (χ2n) is 7.36. The van der Waals surface area contributed by atoms with Crippen LogP contribution in [0.3, 0.4) is 0 Å². The number of hydrogen-bond acceptors (Lipinski definition) is 6. The number of fused-ring (bicyclic) bond motifs is 1. The van der Waals surface area contributed by atoms with Gasteiger partial charge in [-0.15, -0.1) is 0 Å². The first kappa shape index (κ1) is 18.7. The molecule has 9 nitrogen and oxygen atoms in total. The van der Waals surface area contributed by atoms with Gasteiger partial charge in [-0.2, -0.15) is 0 Å². The molecular formula is C18H24N6O3. The van der Waals surface area contributed by atoms with Crippen molar-refractivity contribution < 1.29 is 14.3 Å². The molecule has 144 valence electrons. The van der Waals surface area contributed by atoms with Crippen molar-refractivity contribution in [2.24, 2.45) is 5.73 Å². The molecule has 0 spiro atoms. The van der Waals surface area contributed by atoms with Crippen molar-refractivity contribution in [1.82, 2.24) is 19.9 Å². The molecule has 27 heavy (non-hydrogen) atoms. The third kappa shape index (κ3) is 4.55.